The second kappa shape index (κ2) is 9.65. The van der Waals surface area contributed by atoms with Gasteiger partial charge in [-0.05, 0) is 25.2 Å². The van der Waals surface area contributed by atoms with E-state index < -0.39 is 6.04 Å². The Morgan fingerprint density at radius 3 is 2.56 bits per heavy atom. The van der Waals surface area contributed by atoms with Crippen molar-refractivity contribution >= 4 is 69.0 Å². The zero-order valence-corrected chi connectivity index (χ0v) is 17.3. The molecule has 0 aliphatic rings. The summed E-state index contributed by atoms with van der Waals surface area (Å²) in [5.74, 6) is -0.345. The summed E-state index contributed by atoms with van der Waals surface area (Å²) in [4.78, 5) is 28.0. The maximum Gasteiger partial charge on any atom is 0.246 e. The van der Waals surface area contributed by atoms with Crippen LogP contribution in [-0.2, 0) is 16.6 Å². The van der Waals surface area contributed by atoms with Gasteiger partial charge in [0, 0.05) is 31.4 Å². The van der Waals surface area contributed by atoms with Gasteiger partial charge in [-0.25, -0.2) is 4.98 Å². The van der Waals surface area contributed by atoms with Gasteiger partial charge in [-0.3, -0.25) is 14.3 Å². The normalized spacial score (nSPS) is 11.2. The Morgan fingerprint density at radius 2 is 1.96 bits per heavy atom. The van der Waals surface area contributed by atoms with E-state index in [0.29, 0.717) is 10.8 Å². The molecule has 0 fully saturated rings. The molecule has 1 unspecified atom stereocenters. The van der Waals surface area contributed by atoms with Gasteiger partial charge in [0.2, 0.25) is 11.8 Å². The van der Waals surface area contributed by atoms with Crippen molar-refractivity contribution in [2.45, 2.75) is 13.0 Å². The fraction of sp³-hybridized carbons (Fsp3) is 0.250. The van der Waals surface area contributed by atoms with Gasteiger partial charge in [0.1, 0.15) is 6.04 Å². The van der Waals surface area contributed by atoms with Crippen molar-refractivity contribution in [2.24, 2.45) is 7.05 Å². The van der Waals surface area contributed by atoms with Gasteiger partial charge >= 0.3 is 0 Å². The van der Waals surface area contributed by atoms with Crippen LogP contribution in [0.1, 0.15) is 18.5 Å². The highest BCUT2D eigenvalue weighted by molar-refractivity contribution is 7.22. The summed E-state index contributed by atoms with van der Waals surface area (Å²) in [5, 5.41) is 13.2. The van der Waals surface area contributed by atoms with Crippen LogP contribution in [-0.4, -0.2) is 33.6 Å². The highest BCUT2D eigenvalue weighted by Crippen LogP contribution is 2.28. The van der Waals surface area contributed by atoms with E-state index in [4.69, 9.17) is 0 Å². The first-order valence-corrected chi connectivity index (χ1v) is 8.43. The number of hydrogen-bond donors (Lipinski definition) is 3. The molecule has 3 aromatic rings. The van der Waals surface area contributed by atoms with Gasteiger partial charge in [0.25, 0.3) is 0 Å². The fourth-order valence-electron chi connectivity index (χ4n) is 2.46. The number of aryl methyl sites for hydroxylation is 1. The Bertz CT molecular complexity index is 942. The number of likely N-dealkylation sites (N-methyl/N-ethyl adjacent to an activating group) is 1. The monoisotopic (exact) mass is 430 g/mol. The highest BCUT2D eigenvalue weighted by atomic mass is 35.5. The Balaban J connectivity index is 0.00000182. The van der Waals surface area contributed by atoms with Crippen molar-refractivity contribution in [1.29, 1.82) is 0 Å². The third-order valence-electron chi connectivity index (χ3n) is 3.55. The number of halogens is 2. The summed E-state index contributed by atoms with van der Waals surface area (Å²) in [6.45, 7) is 1.44. The summed E-state index contributed by atoms with van der Waals surface area (Å²) in [6, 6.07) is 4.94. The molecule has 0 aliphatic carbocycles. The van der Waals surface area contributed by atoms with E-state index in [1.165, 1.54) is 18.3 Å². The van der Waals surface area contributed by atoms with Crippen molar-refractivity contribution in [1.82, 2.24) is 20.1 Å². The molecule has 11 heteroatoms. The van der Waals surface area contributed by atoms with Crippen molar-refractivity contribution in [3.05, 3.63) is 36.2 Å². The molecule has 146 valence electrons. The van der Waals surface area contributed by atoms with Gasteiger partial charge in [-0.1, -0.05) is 11.3 Å². The largest absolute Gasteiger partial charge is 0.324 e. The molecule has 3 rings (SSSR count). The molecule has 0 bridgehead atoms. The molecule has 1 aromatic carbocycles. The molecular formula is C16H20Cl2N6O2S. The minimum atomic E-state index is -0.499. The molecule has 0 saturated heterocycles. The summed E-state index contributed by atoms with van der Waals surface area (Å²) in [5.41, 5.74) is 2.22. The SMILES string of the molecule is CNC(C(=O)Nc1ccc2nc(NC(C)=O)sc2c1)c1cnn(C)c1.Cl.Cl. The predicted molar refractivity (Wildman–Crippen MR) is 112 cm³/mol. The lowest BCUT2D eigenvalue weighted by molar-refractivity contribution is -0.118. The standard InChI is InChI=1S/C16H18N6O2S.2ClH/c1-9(23)19-16-21-12-5-4-11(6-13(12)25-16)20-15(24)14(17-2)10-7-18-22(3)8-10;;/h4-8,14,17H,1-3H3,(H,20,24)(H,19,21,23);2*1H. The molecular weight excluding hydrogens is 411 g/mol. The van der Waals surface area contributed by atoms with Crippen LogP contribution in [0.5, 0.6) is 0 Å². The molecule has 1 atom stereocenters. The van der Waals surface area contributed by atoms with Crippen molar-refractivity contribution < 1.29 is 9.59 Å². The molecule has 0 radical (unpaired) electrons. The molecule has 0 spiro atoms. The lowest BCUT2D eigenvalue weighted by Gasteiger charge is -2.14. The van der Waals surface area contributed by atoms with E-state index in [1.807, 2.05) is 12.1 Å². The molecule has 3 N–H and O–H groups in total. The second-order valence-electron chi connectivity index (χ2n) is 5.54. The second-order valence-corrected chi connectivity index (χ2v) is 6.57. The molecule has 2 amide bonds. The highest BCUT2D eigenvalue weighted by Gasteiger charge is 2.20. The first kappa shape index (κ1) is 22.8. The van der Waals surface area contributed by atoms with E-state index in [0.717, 1.165) is 15.8 Å². The Labute approximate surface area is 172 Å². The molecule has 8 nitrogen and oxygen atoms in total. The van der Waals surface area contributed by atoms with Crippen LogP contribution in [0.25, 0.3) is 10.2 Å². The van der Waals surface area contributed by atoms with Gasteiger partial charge in [0.05, 0.1) is 16.4 Å². The van der Waals surface area contributed by atoms with Crippen LogP contribution in [0.3, 0.4) is 0 Å². The lowest BCUT2D eigenvalue weighted by Crippen LogP contribution is -2.30. The van der Waals surface area contributed by atoms with Gasteiger partial charge in [-0.2, -0.15) is 5.10 Å². The predicted octanol–water partition coefficient (Wildman–Crippen LogP) is 2.73. The number of carbonyl (C=O) groups is 2. The quantitative estimate of drug-likeness (QED) is 0.577. The molecule has 0 saturated carbocycles. The third-order valence-corrected chi connectivity index (χ3v) is 4.48. The molecule has 27 heavy (non-hydrogen) atoms. The first-order valence-electron chi connectivity index (χ1n) is 7.61. The zero-order valence-electron chi connectivity index (χ0n) is 14.8. The average Bonchev–Trinajstić information content (AvgIpc) is 3.12. The number of fused-ring (bicyclic) bond motifs is 1. The van der Waals surface area contributed by atoms with Crippen LogP contribution in [0.2, 0.25) is 0 Å². The van der Waals surface area contributed by atoms with E-state index >= 15 is 0 Å². The maximum absolute atomic E-state index is 12.6. The van der Waals surface area contributed by atoms with Crippen molar-refractivity contribution in [3.63, 3.8) is 0 Å². The van der Waals surface area contributed by atoms with Crippen molar-refractivity contribution in [2.75, 3.05) is 17.7 Å². The maximum atomic E-state index is 12.6. The number of benzene rings is 1. The summed E-state index contributed by atoms with van der Waals surface area (Å²) in [7, 11) is 3.53. The molecule has 2 heterocycles. The van der Waals surface area contributed by atoms with Crippen LogP contribution in [0.4, 0.5) is 10.8 Å². The van der Waals surface area contributed by atoms with E-state index in [1.54, 1.807) is 37.2 Å². The summed E-state index contributed by atoms with van der Waals surface area (Å²) >= 11 is 1.36. The number of rotatable bonds is 5. The number of nitrogens with one attached hydrogen (secondary N) is 3. The van der Waals surface area contributed by atoms with Crippen LogP contribution in [0, 0.1) is 0 Å². The first-order chi connectivity index (χ1) is 12.0. The Morgan fingerprint density at radius 1 is 1.22 bits per heavy atom. The minimum absolute atomic E-state index is 0. The van der Waals surface area contributed by atoms with Crippen LogP contribution in [0.15, 0.2) is 30.6 Å². The Kier molecular flexibility index (Phi) is 8.17. The molecule has 2 aromatic heterocycles. The number of nitrogens with zero attached hydrogens (tertiary/aromatic N) is 3. The van der Waals surface area contributed by atoms with E-state index in [9.17, 15) is 9.59 Å². The number of thiazole rings is 1. The minimum Gasteiger partial charge on any atom is -0.324 e. The van der Waals surface area contributed by atoms with Gasteiger partial charge < -0.3 is 16.0 Å². The third kappa shape index (κ3) is 5.39. The number of hydrogen-bond acceptors (Lipinski definition) is 6. The number of amides is 2. The van der Waals surface area contributed by atoms with Crippen LogP contribution < -0.4 is 16.0 Å². The number of aromatic nitrogens is 3. The average molecular weight is 431 g/mol. The van der Waals surface area contributed by atoms with Crippen LogP contribution >= 0.6 is 36.2 Å². The van der Waals surface area contributed by atoms with Gasteiger partial charge in [-0.15, -0.1) is 24.8 Å². The topological polar surface area (TPSA) is 101 Å². The summed E-state index contributed by atoms with van der Waals surface area (Å²) < 4.78 is 2.53. The fourth-order valence-corrected chi connectivity index (χ4v) is 3.41. The zero-order chi connectivity index (χ0) is 18.0. The van der Waals surface area contributed by atoms with E-state index in [2.05, 4.69) is 26.0 Å². The lowest BCUT2D eigenvalue weighted by atomic mass is 10.1. The van der Waals surface area contributed by atoms with E-state index in [-0.39, 0.29) is 36.6 Å². The number of anilines is 2. The number of carbonyl (C=O) groups excluding carboxylic acids is 2. The summed E-state index contributed by atoms with van der Waals surface area (Å²) in [6.07, 6.45) is 3.46. The molecule has 0 aliphatic heterocycles. The van der Waals surface area contributed by atoms with Crippen molar-refractivity contribution in [3.8, 4) is 0 Å². The Hall–Kier alpha value is -2.20. The van der Waals surface area contributed by atoms with Gasteiger partial charge in [0.15, 0.2) is 5.13 Å². The smallest absolute Gasteiger partial charge is 0.246 e.